The second-order valence-electron chi connectivity index (χ2n) is 6.91. The molecule has 0 amide bonds. The summed E-state index contributed by atoms with van der Waals surface area (Å²) in [5.41, 5.74) is -1.06. The van der Waals surface area contributed by atoms with Crippen molar-refractivity contribution in [2.24, 2.45) is 0 Å². The quantitative estimate of drug-likeness (QED) is 0.523. The first-order chi connectivity index (χ1) is 15.3. The van der Waals surface area contributed by atoms with Crippen LogP contribution in [-0.4, -0.2) is 16.8 Å². The summed E-state index contributed by atoms with van der Waals surface area (Å²) >= 11 is 0. The summed E-state index contributed by atoms with van der Waals surface area (Å²) in [4.78, 5) is -0.528. The fourth-order valence-electron chi connectivity index (χ4n) is 2.87. The van der Waals surface area contributed by atoms with E-state index < -0.39 is 31.8 Å². The van der Waals surface area contributed by atoms with E-state index >= 15 is 0 Å². The lowest BCUT2D eigenvalue weighted by atomic mass is 10.2. The number of hydrogen-bond acceptors (Lipinski definition) is 5. The van der Waals surface area contributed by atoms with E-state index in [1.165, 1.54) is 37.3 Å². The molecular formula is C21H16F3N3O4S2. The van der Waals surface area contributed by atoms with Crippen LogP contribution in [0, 0.1) is 18.3 Å². The number of sulfonamides is 2. The van der Waals surface area contributed by atoms with Crippen LogP contribution in [0.4, 0.5) is 24.5 Å². The molecule has 0 bridgehead atoms. The minimum atomic E-state index is -4.65. The molecule has 0 aliphatic carbocycles. The molecule has 0 spiro atoms. The van der Waals surface area contributed by atoms with E-state index in [0.717, 1.165) is 30.3 Å². The summed E-state index contributed by atoms with van der Waals surface area (Å²) < 4.78 is 94.1. The molecule has 33 heavy (non-hydrogen) atoms. The maximum atomic E-state index is 12.9. The molecule has 0 saturated carbocycles. The normalized spacial score (nSPS) is 12.1. The van der Waals surface area contributed by atoms with Crippen LogP contribution in [0.3, 0.4) is 0 Å². The van der Waals surface area contributed by atoms with Crippen LogP contribution >= 0.6 is 0 Å². The van der Waals surface area contributed by atoms with E-state index in [1.807, 2.05) is 6.07 Å². The zero-order valence-electron chi connectivity index (χ0n) is 16.9. The third kappa shape index (κ3) is 5.63. The van der Waals surface area contributed by atoms with Crippen molar-refractivity contribution in [1.82, 2.24) is 0 Å². The van der Waals surface area contributed by atoms with Crippen LogP contribution in [0.1, 0.15) is 16.7 Å². The number of nitriles is 1. The lowest BCUT2D eigenvalue weighted by Gasteiger charge is -2.14. The number of nitrogens with zero attached hydrogens (tertiary/aromatic N) is 1. The van der Waals surface area contributed by atoms with Gasteiger partial charge in [0.05, 0.1) is 32.7 Å². The Morgan fingerprint density at radius 1 is 0.818 bits per heavy atom. The highest BCUT2D eigenvalue weighted by Crippen LogP contribution is 2.32. The second kappa shape index (κ2) is 8.76. The Labute approximate surface area is 188 Å². The molecule has 0 heterocycles. The van der Waals surface area contributed by atoms with Gasteiger partial charge in [-0.2, -0.15) is 18.4 Å². The van der Waals surface area contributed by atoms with Crippen LogP contribution in [0.15, 0.2) is 76.5 Å². The molecule has 0 aliphatic rings. The number of aryl methyl sites for hydroxylation is 1. The van der Waals surface area contributed by atoms with Crippen molar-refractivity contribution in [3.8, 4) is 6.07 Å². The maximum absolute atomic E-state index is 12.9. The predicted molar refractivity (Wildman–Crippen MR) is 115 cm³/mol. The third-order valence-corrected chi connectivity index (χ3v) is 7.35. The van der Waals surface area contributed by atoms with Gasteiger partial charge in [-0.15, -0.1) is 0 Å². The summed E-state index contributed by atoms with van der Waals surface area (Å²) in [6.07, 6.45) is -4.65. The van der Waals surface area contributed by atoms with E-state index in [2.05, 4.69) is 9.44 Å². The zero-order valence-corrected chi connectivity index (χ0v) is 18.5. The lowest BCUT2D eigenvalue weighted by molar-refractivity contribution is -0.137. The lowest BCUT2D eigenvalue weighted by Crippen LogP contribution is -2.17. The van der Waals surface area contributed by atoms with Gasteiger partial charge in [-0.05, 0) is 61.0 Å². The number of nitrogens with one attached hydrogen (secondary N) is 2. The van der Waals surface area contributed by atoms with Gasteiger partial charge in [0, 0.05) is 5.69 Å². The summed E-state index contributed by atoms with van der Waals surface area (Å²) in [5, 5.41) is 8.96. The fourth-order valence-corrected chi connectivity index (χ4v) is 5.29. The summed E-state index contributed by atoms with van der Waals surface area (Å²) in [7, 11) is -8.50. The Morgan fingerprint density at radius 2 is 1.45 bits per heavy atom. The highest BCUT2D eigenvalue weighted by molar-refractivity contribution is 7.93. The average molecular weight is 496 g/mol. The van der Waals surface area contributed by atoms with Gasteiger partial charge in [-0.25, -0.2) is 16.8 Å². The van der Waals surface area contributed by atoms with Gasteiger partial charge in [-0.1, -0.05) is 18.2 Å². The molecule has 3 rings (SSSR count). The third-order valence-electron chi connectivity index (χ3n) is 4.45. The van der Waals surface area contributed by atoms with Crippen molar-refractivity contribution in [3.05, 3.63) is 83.4 Å². The SMILES string of the molecule is Cc1ccc(NS(=O)(=O)c2cccc(C#N)c2)cc1S(=O)(=O)Nc1cccc(C(F)(F)F)c1. The van der Waals surface area contributed by atoms with Gasteiger partial charge >= 0.3 is 6.18 Å². The first-order valence-electron chi connectivity index (χ1n) is 9.15. The first kappa shape index (κ1) is 24.1. The average Bonchev–Trinajstić information content (AvgIpc) is 2.74. The van der Waals surface area contributed by atoms with E-state index in [9.17, 15) is 30.0 Å². The van der Waals surface area contributed by atoms with Crippen molar-refractivity contribution in [1.29, 1.82) is 5.26 Å². The van der Waals surface area contributed by atoms with E-state index in [1.54, 1.807) is 0 Å². The zero-order chi connectivity index (χ0) is 24.4. The summed E-state index contributed by atoms with van der Waals surface area (Å²) in [6.45, 7) is 1.45. The number of benzene rings is 3. The largest absolute Gasteiger partial charge is 0.416 e. The van der Waals surface area contributed by atoms with Crippen LogP contribution < -0.4 is 9.44 Å². The molecule has 2 N–H and O–H groups in total. The smallest absolute Gasteiger partial charge is 0.280 e. The Bertz CT molecular complexity index is 1460. The van der Waals surface area contributed by atoms with E-state index in [-0.39, 0.29) is 32.3 Å². The number of halogens is 3. The van der Waals surface area contributed by atoms with Gasteiger partial charge in [0.2, 0.25) is 0 Å². The van der Waals surface area contributed by atoms with Gasteiger partial charge < -0.3 is 0 Å². The molecule has 172 valence electrons. The Morgan fingerprint density at radius 3 is 2.12 bits per heavy atom. The van der Waals surface area contributed by atoms with Crippen LogP contribution in [0.5, 0.6) is 0 Å². The number of anilines is 2. The Hall–Kier alpha value is -3.56. The molecule has 0 aliphatic heterocycles. The molecule has 12 heteroatoms. The van der Waals surface area contributed by atoms with Crippen molar-refractivity contribution >= 4 is 31.4 Å². The topological polar surface area (TPSA) is 116 Å². The van der Waals surface area contributed by atoms with E-state index in [0.29, 0.717) is 6.07 Å². The molecular weight excluding hydrogens is 479 g/mol. The standard InChI is InChI=1S/C21H16F3N3O4S2/c1-14-8-9-18(26-32(28,29)19-7-2-4-15(10-19)13-25)12-20(14)33(30,31)27-17-6-3-5-16(11-17)21(22,23)24/h2-12,26-27H,1H3. The second-order valence-corrected chi connectivity index (χ2v) is 10.2. The van der Waals surface area contributed by atoms with Crippen molar-refractivity contribution in [2.75, 3.05) is 9.44 Å². The van der Waals surface area contributed by atoms with Crippen molar-refractivity contribution < 1.29 is 30.0 Å². The number of rotatable bonds is 6. The molecule has 0 aromatic heterocycles. The molecule has 0 fully saturated rings. The van der Waals surface area contributed by atoms with Gasteiger partial charge in [0.1, 0.15) is 0 Å². The molecule has 7 nitrogen and oxygen atoms in total. The van der Waals surface area contributed by atoms with Crippen LogP contribution in [-0.2, 0) is 26.2 Å². The molecule has 0 atom stereocenters. The Balaban J connectivity index is 1.93. The highest BCUT2D eigenvalue weighted by atomic mass is 32.2. The summed E-state index contributed by atoms with van der Waals surface area (Å²) in [5.74, 6) is 0. The molecule has 0 radical (unpaired) electrons. The Kier molecular flexibility index (Phi) is 6.40. The minimum Gasteiger partial charge on any atom is -0.280 e. The monoisotopic (exact) mass is 495 g/mol. The van der Waals surface area contributed by atoms with Gasteiger partial charge in [0.15, 0.2) is 0 Å². The van der Waals surface area contributed by atoms with Crippen LogP contribution in [0.25, 0.3) is 0 Å². The molecule has 3 aromatic carbocycles. The highest BCUT2D eigenvalue weighted by Gasteiger charge is 2.31. The van der Waals surface area contributed by atoms with Gasteiger partial charge in [-0.3, -0.25) is 9.44 Å². The molecule has 3 aromatic rings. The van der Waals surface area contributed by atoms with Crippen LogP contribution in [0.2, 0.25) is 0 Å². The van der Waals surface area contributed by atoms with Gasteiger partial charge in [0.25, 0.3) is 20.0 Å². The summed E-state index contributed by atoms with van der Waals surface area (Å²) in [6, 6.07) is 14.5. The molecule has 0 saturated heterocycles. The number of hydrogen-bond donors (Lipinski definition) is 2. The van der Waals surface area contributed by atoms with Crippen molar-refractivity contribution in [2.45, 2.75) is 22.9 Å². The van der Waals surface area contributed by atoms with E-state index in [4.69, 9.17) is 5.26 Å². The molecule has 0 unspecified atom stereocenters. The van der Waals surface area contributed by atoms with Crippen molar-refractivity contribution in [3.63, 3.8) is 0 Å². The minimum absolute atomic E-state index is 0.0904. The first-order valence-corrected chi connectivity index (χ1v) is 12.1. The fraction of sp³-hybridized carbons (Fsp3) is 0.0952. The number of alkyl halides is 3. The predicted octanol–water partition coefficient (Wildman–Crippen LogP) is 4.49. The maximum Gasteiger partial charge on any atom is 0.416 e.